The Morgan fingerprint density at radius 1 is 1.29 bits per heavy atom. The number of hydrogen-bond donors (Lipinski definition) is 3. The number of oxime groups is 1. The molecule has 1 unspecified atom stereocenters. The second kappa shape index (κ2) is 7.63. The van der Waals surface area contributed by atoms with Gasteiger partial charge >= 0.3 is 0 Å². The van der Waals surface area contributed by atoms with E-state index in [9.17, 15) is 4.79 Å². The van der Waals surface area contributed by atoms with Gasteiger partial charge in [-0.3, -0.25) is 4.79 Å². The first kappa shape index (κ1) is 16.1. The summed E-state index contributed by atoms with van der Waals surface area (Å²) < 4.78 is 1.07. The molecule has 4 N–H and O–H groups in total. The summed E-state index contributed by atoms with van der Waals surface area (Å²) in [6, 6.07) is 6.92. The van der Waals surface area contributed by atoms with E-state index >= 15 is 0 Å². The van der Waals surface area contributed by atoms with E-state index in [1.54, 1.807) is 12.1 Å². The standard InChI is InChI=1S/C15H20IN3O2/c16-12-8-6-11(7-9-12)15(20)18-13(14(17)19-21)10-4-2-1-3-5-10/h6-10,13,21H,1-5H2,(H2,17,19)(H,18,20). The number of amidine groups is 1. The SMILES string of the molecule is N/C(=N\O)C(NC(=O)c1ccc(I)cc1)C1CCCCC1. The van der Waals surface area contributed by atoms with E-state index in [1.807, 2.05) is 12.1 Å². The Hall–Kier alpha value is -1.31. The van der Waals surface area contributed by atoms with Crippen LogP contribution in [0.3, 0.4) is 0 Å². The smallest absolute Gasteiger partial charge is 0.251 e. The van der Waals surface area contributed by atoms with Crippen LogP contribution in [0.1, 0.15) is 42.5 Å². The van der Waals surface area contributed by atoms with Crippen molar-refractivity contribution in [2.24, 2.45) is 16.8 Å². The predicted octanol–water partition coefficient (Wildman–Crippen LogP) is 2.72. The summed E-state index contributed by atoms with van der Waals surface area (Å²) in [6.45, 7) is 0. The summed E-state index contributed by atoms with van der Waals surface area (Å²) in [6.07, 6.45) is 5.45. The summed E-state index contributed by atoms with van der Waals surface area (Å²) in [5.41, 5.74) is 6.37. The molecule has 21 heavy (non-hydrogen) atoms. The molecule has 0 saturated heterocycles. The molecule has 1 aromatic rings. The molecule has 1 amide bonds. The van der Waals surface area contributed by atoms with Gasteiger partial charge in [-0.05, 0) is 65.6 Å². The third-order valence-electron chi connectivity index (χ3n) is 3.95. The van der Waals surface area contributed by atoms with E-state index < -0.39 is 6.04 Å². The molecule has 5 nitrogen and oxygen atoms in total. The fraction of sp³-hybridized carbons (Fsp3) is 0.467. The van der Waals surface area contributed by atoms with E-state index in [1.165, 1.54) is 6.42 Å². The molecule has 1 saturated carbocycles. The Bertz CT molecular complexity index is 510. The number of halogens is 1. The highest BCUT2D eigenvalue weighted by atomic mass is 127. The van der Waals surface area contributed by atoms with Gasteiger partial charge in [-0.25, -0.2) is 0 Å². The summed E-state index contributed by atoms with van der Waals surface area (Å²) in [5, 5.41) is 15.0. The molecule has 0 bridgehead atoms. The lowest BCUT2D eigenvalue weighted by Crippen LogP contribution is -2.49. The van der Waals surface area contributed by atoms with Crippen LogP contribution in [-0.4, -0.2) is 23.0 Å². The molecule has 1 aliphatic rings. The van der Waals surface area contributed by atoms with Crippen LogP contribution in [0.5, 0.6) is 0 Å². The number of nitrogens with zero attached hydrogens (tertiary/aromatic N) is 1. The Kier molecular flexibility index (Phi) is 5.84. The van der Waals surface area contributed by atoms with Crippen molar-refractivity contribution in [3.05, 3.63) is 33.4 Å². The fourth-order valence-corrected chi connectivity index (χ4v) is 3.15. The second-order valence-corrected chi connectivity index (χ2v) is 6.63. The van der Waals surface area contributed by atoms with Crippen LogP contribution in [0.15, 0.2) is 29.4 Å². The quantitative estimate of drug-likeness (QED) is 0.238. The van der Waals surface area contributed by atoms with Crippen molar-refractivity contribution in [2.75, 3.05) is 0 Å². The molecule has 0 radical (unpaired) electrons. The third kappa shape index (κ3) is 4.33. The Balaban J connectivity index is 2.10. The Labute approximate surface area is 138 Å². The van der Waals surface area contributed by atoms with Crippen LogP contribution in [0, 0.1) is 9.49 Å². The number of nitrogens with two attached hydrogens (primary N) is 1. The molecule has 0 spiro atoms. The lowest BCUT2D eigenvalue weighted by Gasteiger charge is -2.30. The average Bonchev–Trinajstić information content (AvgIpc) is 2.53. The molecule has 6 heteroatoms. The third-order valence-corrected chi connectivity index (χ3v) is 4.67. The van der Waals surface area contributed by atoms with E-state index in [0.717, 1.165) is 29.3 Å². The maximum absolute atomic E-state index is 12.3. The van der Waals surface area contributed by atoms with Gasteiger partial charge in [0.1, 0.15) is 0 Å². The van der Waals surface area contributed by atoms with Crippen molar-refractivity contribution in [3.8, 4) is 0 Å². The van der Waals surface area contributed by atoms with Crippen LogP contribution in [0.2, 0.25) is 0 Å². The van der Waals surface area contributed by atoms with Gasteiger partial charge in [-0.15, -0.1) is 0 Å². The van der Waals surface area contributed by atoms with Gasteiger partial charge in [0.05, 0.1) is 6.04 Å². The minimum atomic E-state index is -0.401. The average molecular weight is 401 g/mol. The van der Waals surface area contributed by atoms with Crippen molar-refractivity contribution in [1.82, 2.24) is 5.32 Å². The highest BCUT2D eigenvalue weighted by Crippen LogP contribution is 2.26. The van der Waals surface area contributed by atoms with E-state index in [-0.39, 0.29) is 17.7 Å². The predicted molar refractivity (Wildman–Crippen MR) is 90.4 cm³/mol. The molecule has 1 fully saturated rings. The van der Waals surface area contributed by atoms with Crippen molar-refractivity contribution < 1.29 is 10.0 Å². The van der Waals surface area contributed by atoms with Gasteiger partial charge in [0.2, 0.25) is 0 Å². The number of amides is 1. The topological polar surface area (TPSA) is 87.7 Å². The highest BCUT2D eigenvalue weighted by molar-refractivity contribution is 14.1. The molecular weight excluding hydrogens is 381 g/mol. The molecule has 0 aromatic heterocycles. The lowest BCUT2D eigenvalue weighted by atomic mass is 9.83. The maximum Gasteiger partial charge on any atom is 0.251 e. The first-order chi connectivity index (χ1) is 10.1. The van der Waals surface area contributed by atoms with E-state index in [4.69, 9.17) is 10.9 Å². The van der Waals surface area contributed by atoms with Crippen LogP contribution < -0.4 is 11.1 Å². The molecule has 0 aliphatic heterocycles. The molecule has 2 rings (SSSR count). The lowest BCUT2D eigenvalue weighted by molar-refractivity contribution is 0.0930. The minimum absolute atomic E-state index is 0.0840. The van der Waals surface area contributed by atoms with Crippen LogP contribution in [-0.2, 0) is 0 Å². The highest BCUT2D eigenvalue weighted by Gasteiger charge is 2.28. The van der Waals surface area contributed by atoms with Crippen molar-refractivity contribution in [2.45, 2.75) is 38.1 Å². The van der Waals surface area contributed by atoms with Crippen LogP contribution in [0.4, 0.5) is 0 Å². The summed E-state index contributed by atoms with van der Waals surface area (Å²) in [4.78, 5) is 12.3. The molecule has 114 valence electrons. The number of hydrogen-bond acceptors (Lipinski definition) is 3. The van der Waals surface area contributed by atoms with Gasteiger partial charge < -0.3 is 16.3 Å². The van der Waals surface area contributed by atoms with E-state index in [0.29, 0.717) is 5.56 Å². The number of carbonyl (C=O) groups excluding carboxylic acids is 1. The summed E-state index contributed by atoms with van der Waals surface area (Å²) in [5.74, 6) is 0.136. The number of rotatable bonds is 4. The van der Waals surface area contributed by atoms with Gasteiger partial charge in [-0.1, -0.05) is 24.4 Å². The number of benzene rings is 1. The minimum Gasteiger partial charge on any atom is -0.409 e. The molecule has 0 heterocycles. The molecule has 1 aromatic carbocycles. The second-order valence-electron chi connectivity index (χ2n) is 5.38. The maximum atomic E-state index is 12.3. The van der Waals surface area contributed by atoms with Gasteiger partial charge in [0, 0.05) is 9.13 Å². The zero-order chi connectivity index (χ0) is 15.2. The monoisotopic (exact) mass is 401 g/mol. The van der Waals surface area contributed by atoms with Crippen LogP contribution >= 0.6 is 22.6 Å². The first-order valence-corrected chi connectivity index (χ1v) is 8.23. The van der Waals surface area contributed by atoms with Crippen LogP contribution in [0.25, 0.3) is 0 Å². The molecular formula is C15H20IN3O2. The van der Waals surface area contributed by atoms with Crippen molar-refractivity contribution >= 4 is 34.3 Å². The van der Waals surface area contributed by atoms with Crippen molar-refractivity contribution in [1.29, 1.82) is 0 Å². The Morgan fingerprint density at radius 2 is 1.90 bits per heavy atom. The number of nitrogens with one attached hydrogen (secondary N) is 1. The van der Waals surface area contributed by atoms with Gasteiger partial charge in [-0.2, -0.15) is 0 Å². The summed E-state index contributed by atoms with van der Waals surface area (Å²) in [7, 11) is 0. The number of carbonyl (C=O) groups is 1. The molecule has 1 aliphatic carbocycles. The zero-order valence-corrected chi connectivity index (χ0v) is 13.9. The largest absolute Gasteiger partial charge is 0.409 e. The Morgan fingerprint density at radius 3 is 2.48 bits per heavy atom. The first-order valence-electron chi connectivity index (χ1n) is 7.15. The fourth-order valence-electron chi connectivity index (χ4n) is 2.79. The van der Waals surface area contributed by atoms with Gasteiger partial charge in [0.25, 0.3) is 5.91 Å². The zero-order valence-electron chi connectivity index (χ0n) is 11.8. The van der Waals surface area contributed by atoms with Gasteiger partial charge in [0.15, 0.2) is 5.84 Å². The van der Waals surface area contributed by atoms with E-state index in [2.05, 4.69) is 33.1 Å². The van der Waals surface area contributed by atoms with Crippen molar-refractivity contribution in [3.63, 3.8) is 0 Å². The normalized spacial score (nSPS) is 18.2. The summed E-state index contributed by atoms with van der Waals surface area (Å²) >= 11 is 2.19. The molecule has 1 atom stereocenters.